The SMILES string of the molecule is CC(N)c1cc2cccnc2n1C1C=C(F)C=CC1. The molecule has 0 radical (unpaired) electrons. The average molecular weight is 257 g/mol. The lowest BCUT2D eigenvalue weighted by Crippen LogP contribution is -2.17. The number of pyridine rings is 1. The Bertz CT molecular complexity index is 667. The molecule has 1 aliphatic rings. The van der Waals surface area contributed by atoms with Crippen LogP contribution in [-0.4, -0.2) is 9.55 Å². The fourth-order valence-electron chi connectivity index (χ4n) is 2.58. The second-order valence-corrected chi connectivity index (χ2v) is 4.90. The molecule has 4 heteroatoms. The molecular weight excluding hydrogens is 241 g/mol. The Morgan fingerprint density at radius 1 is 1.53 bits per heavy atom. The summed E-state index contributed by atoms with van der Waals surface area (Å²) in [5, 5.41) is 1.04. The summed E-state index contributed by atoms with van der Waals surface area (Å²) in [6.07, 6.45) is 7.48. The molecular formula is C15H16FN3. The Labute approximate surface area is 111 Å². The van der Waals surface area contributed by atoms with Gasteiger partial charge in [-0.25, -0.2) is 9.37 Å². The van der Waals surface area contributed by atoms with Gasteiger partial charge in [-0.15, -0.1) is 0 Å². The summed E-state index contributed by atoms with van der Waals surface area (Å²) >= 11 is 0. The standard InChI is InChI=1S/C15H16FN3/c1-10(17)14-8-11-4-3-7-18-15(11)19(14)13-6-2-5-12(16)9-13/h2-5,7-10,13H,6,17H2,1H3. The topological polar surface area (TPSA) is 43.8 Å². The van der Waals surface area contributed by atoms with Gasteiger partial charge in [0.15, 0.2) is 0 Å². The van der Waals surface area contributed by atoms with Crippen LogP contribution in [0.25, 0.3) is 11.0 Å². The quantitative estimate of drug-likeness (QED) is 0.896. The highest BCUT2D eigenvalue weighted by molar-refractivity contribution is 5.77. The van der Waals surface area contributed by atoms with Gasteiger partial charge in [-0.1, -0.05) is 6.08 Å². The number of fused-ring (bicyclic) bond motifs is 1. The van der Waals surface area contributed by atoms with Crippen LogP contribution >= 0.6 is 0 Å². The molecule has 2 heterocycles. The minimum Gasteiger partial charge on any atom is -0.323 e. The molecule has 0 aromatic carbocycles. The summed E-state index contributed by atoms with van der Waals surface area (Å²) in [4.78, 5) is 4.42. The van der Waals surface area contributed by atoms with E-state index in [9.17, 15) is 4.39 Å². The lowest BCUT2D eigenvalue weighted by atomic mass is 10.1. The van der Waals surface area contributed by atoms with Crippen molar-refractivity contribution in [3.63, 3.8) is 0 Å². The first-order valence-corrected chi connectivity index (χ1v) is 6.42. The highest BCUT2D eigenvalue weighted by Crippen LogP contribution is 2.31. The van der Waals surface area contributed by atoms with Crippen molar-refractivity contribution >= 4 is 11.0 Å². The molecule has 2 atom stereocenters. The highest BCUT2D eigenvalue weighted by Gasteiger charge is 2.20. The number of halogens is 1. The highest BCUT2D eigenvalue weighted by atomic mass is 19.1. The van der Waals surface area contributed by atoms with Crippen LogP contribution in [0.4, 0.5) is 4.39 Å². The third-order valence-corrected chi connectivity index (χ3v) is 3.43. The molecule has 2 aromatic heterocycles. The number of hydrogen-bond acceptors (Lipinski definition) is 2. The van der Waals surface area contributed by atoms with Crippen LogP contribution in [0, 0.1) is 0 Å². The minimum atomic E-state index is -0.204. The zero-order chi connectivity index (χ0) is 13.4. The summed E-state index contributed by atoms with van der Waals surface area (Å²) in [6, 6.07) is 5.77. The van der Waals surface area contributed by atoms with Crippen molar-refractivity contribution in [2.45, 2.75) is 25.4 Å². The van der Waals surface area contributed by atoms with E-state index < -0.39 is 0 Å². The summed E-state index contributed by atoms with van der Waals surface area (Å²) in [5.74, 6) is -0.204. The van der Waals surface area contributed by atoms with Crippen LogP contribution in [0.15, 0.2) is 48.5 Å². The maximum Gasteiger partial charge on any atom is 0.140 e. The predicted octanol–water partition coefficient (Wildman–Crippen LogP) is 3.41. The molecule has 0 saturated heterocycles. The van der Waals surface area contributed by atoms with E-state index >= 15 is 0 Å². The fourth-order valence-corrected chi connectivity index (χ4v) is 2.58. The van der Waals surface area contributed by atoms with Crippen LogP contribution in [0.1, 0.15) is 31.1 Å². The summed E-state index contributed by atoms with van der Waals surface area (Å²) in [6.45, 7) is 1.93. The molecule has 0 saturated carbocycles. The van der Waals surface area contributed by atoms with Crippen LogP contribution in [0.2, 0.25) is 0 Å². The van der Waals surface area contributed by atoms with Gasteiger partial charge in [0.05, 0.1) is 6.04 Å². The molecule has 19 heavy (non-hydrogen) atoms. The van der Waals surface area contributed by atoms with Gasteiger partial charge >= 0.3 is 0 Å². The molecule has 0 aliphatic heterocycles. The second-order valence-electron chi connectivity index (χ2n) is 4.90. The van der Waals surface area contributed by atoms with E-state index in [2.05, 4.69) is 4.98 Å². The number of rotatable bonds is 2. The van der Waals surface area contributed by atoms with Gasteiger partial charge in [-0.05, 0) is 43.7 Å². The summed E-state index contributed by atoms with van der Waals surface area (Å²) in [5.41, 5.74) is 7.88. The molecule has 3 rings (SSSR count). The number of allylic oxidation sites excluding steroid dienone is 4. The molecule has 2 unspecified atom stereocenters. The Morgan fingerprint density at radius 3 is 3.11 bits per heavy atom. The Kier molecular flexibility index (Phi) is 2.95. The minimum absolute atomic E-state index is 0.0570. The molecule has 98 valence electrons. The first kappa shape index (κ1) is 12.1. The Hall–Kier alpha value is -1.94. The van der Waals surface area contributed by atoms with Gasteiger partial charge in [0.1, 0.15) is 11.5 Å². The number of nitrogens with two attached hydrogens (primary N) is 1. The van der Waals surface area contributed by atoms with Crippen LogP contribution in [0.3, 0.4) is 0 Å². The number of aromatic nitrogens is 2. The lowest BCUT2D eigenvalue weighted by Gasteiger charge is -2.21. The van der Waals surface area contributed by atoms with Crippen molar-refractivity contribution in [1.82, 2.24) is 9.55 Å². The van der Waals surface area contributed by atoms with E-state index in [1.165, 1.54) is 6.08 Å². The zero-order valence-corrected chi connectivity index (χ0v) is 10.8. The molecule has 0 amide bonds. The van der Waals surface area contributed by atoms with Crippen molar-refractivity contribution in [2.24, 2.45) is 5.73 Å². The Morgan fingerprint density at radius 2 is 2.37 bits per heavy atom. The van der Waals surface area contributed by atoms with E-state index in [0.717, 1.165) is 23.1 Å². The largest absolute Gasteiger partial charge is 0.323 e. The van der Waals surface area contributed by atoms with Crippen LogP contribution < -0.4 is 5.73 Å². The summed E-state index contributed by atoms with van der Waals surface area (Å²) in [7, 11) is 0. The predicted molar refractivity (Wildman–Crippen MR) is 74.3 cm³/mol. The maximum absolute atomic E-state index is 13.5. The van der Waals surface area contributed by atoms with Crippen LogP contribution in [-0.2, 0) is 0 Å². The smallest absolute Gasteiger partial charge is 0.140 e. The maximum atomic E-state index is 13.5. The third-order valence-electron chi connectivity index (χ3n) is 3.43. The van der Waals surface area contributed by atoms with Gasteiger partial charge in [-0.3, -0.25) is 0 Å². The lowest BCUT2D eigenvalue weighted by molar-refractivity contribution is 0.546. The third kappa shape index (κ3) is 2.08. The Balaban J connectivity index is 2.20. The van der Waals surface area contributed by atoms with Crippen molar-refractivity contribution in [3.05, 3.63) is 54.1 Å². The number of nitrogens with zero attached hydrogens (tertiary/aromatic N) is 2. The van der Waals surface area contributed by atoms with Gasteiger partial charge < -0.3 is 10.3 Å². The van der Waals surface area contributed by atoms with Crippen molar-refractivity contribution in [3.8, 4) is 0 Å². The van der Waals surface area contributed by atoms with E-state index in [-0.39, 0.29) is 17.9 Å². The van der Waals surface area contributed by atoms with Crippen molar-refractivity contribution in [1.29, 1.82) is 0 Å². The second kappa shape index (κ2) is 4.63. The van der Waals surface area contributed by atoms with Gasteiger partial charge in [0.25, 0.3) is 0 Å². The molecule has 0 bridgehead atoms. The summed E-state index contributed by atoms with van der Waals surface area (Å²) < 4.78 is 15.5. The van der Waals surface area contributed by atoms with E-state index in [0.29, 0.717) is 0 Å². The van der Waals surface area contributed by atoms with Crippen LogP contribution in [0.5, 0.6) is 0 Å². The average Bonchev–Trinajstić information content (AvgIpc) is 2.78. The molecule has 2 N–H and O–H groups in total. The monoisotopic (exact) mass is 257 g/mol. The van der Waals surface area contributed by atoms with E-state index in [1.54, 1.807) is 12.3 Å². The zero-order valence-electron chi connectivity index (χ0n) is 10.8. The first-order valence-electron chi connectivity index (χ1n) is 6.42. The van der Waals surface area contributed by atoms with E-state index in [1.807, 2.05) is 35.8 Å². The normalized spacial score (nSPS) is 20.6. The van der Waals surface area contributed by atoms with E-state index in [4.69, 9.17) is 5.73 Å². The molecule has 3 nitrogen and oxygen atoms in total. The molecule has 2 aromatic rings. The van der Waals surface area contributed by atoms with Crippen molar-refractivity contribution < 1.29 is 4.39 Å². The van der Waals surface area contributed by atoms with Gasteiger partial charge in [-0.2, -0.15) is 0 Å². The molecule has 0 spiro atoms. The number of hydrogen-bond donors (Lipinski definition) is 1. The van der Waals surface area contributed by atoms with Gasteiger partial charge in [0, 0.05) is 23.3 Å². The fraction of sp³-hybridized carbons (Fsp3) is 0.267. The molecule has 0 fully saturated rings. The van der Waals surface area contributed by atoms with Gasteiger partial charge in [0.2, 0.25) is 0 Å². The molecule has 1 aliphatic carbocycles. The first-order chi connectivity index (χ1) is 9.16. The van der Waals surface area contributed by atoms with Crippen molar-refractivity contribution in [2.75, 3.05) is 0 Å².